The fourth-order valence-electron chi connectivity index (χ4n) is 2.91. The summed E-state index contributed by atoms with van der Waals surface area (Å²) in [7, 11) is 3.57. The predicted octanol–water partition coefficient (Wildman–Crippen LogP) is 3.55. The van der Waals surface area contributed by atoms with Gasteiger partial charge in [0.05, 0.1) is 7.11 Å². The van der Waals surface area contributed by atoms with Crippen molar-refractivity contribution in [2.75, 3.05) is 27.2 Å². The van der Waals surface area contributed by atoms with E-state index >= 15 is 0 Å². The SMILES string of the molecule is CN=C(NCCc1ccccc1OC)N1CC(C)(C)C1(C)C.I. The molecule has 0 saturated carbocycles. The van der Waals surface area contributed by atoms with E-state index in [-0.39, 0.29) is 29.5 Å². The number of nitrogens with one attached hydrogen (secondary N) is 1. The van der Waals surface area contributed by atoms with Crippen LogP contribution in [0.3, 0.4) is 0 Å². The van der Waals surface area contributed by atoms with Gasteiger partial charge in [0.1, 0.15) is 5.75 Å². The average Bonchev–Trinajstić information content (AvgIpc) is 2.50. The van der Waals surface area contributed by atoms with Crippen molar-refractivity contribution in [1.82, 2.24) is 10.2 Å². The molecule has 5 heteroatoms. The van der Waals surface area contributed by atoms with Crippen LogP contribution >= 0.6 is 24.0 Å². The Balaban J connectivity index is 0.00000264. The summed E-state index contributed by atoms with van der Waals surface area (Å²) in [5.41, 5.74) is 1.66. The molecule has 0 radical (unpaired) electrons. The highest BCUT2D eigenvalue weighted by Gasteiger charge is 2.53. The Hall–Kier alpha value is -0.980. The van der Waals surface area contributed by atoms with Crippen LogP contribution in [-0.2, 0) is 6.42 Å². The van der Waals surface area contributed by atoms with Gasteiger partial charge in [0.25, 0.3) is 0 Å². The van der Waals surface area contributed by atoms with E-state index in [1.165, 1.54) is 5.56 Å². The van der Waals surface area contributed by atoms with Crippen LogP contribution in [0.2, 0.25) is 0 Å². The zero-order chi connectivity index (χ0) is 16.4. The Morgan fingerprint density at radius 3 is 2.43 bits per heavy atom. The highest BCUT2D eigenvalue weighted by molar-refractivity contribution is 14.0. The van der Waals surface area contributed by atoms with Crippen molar-refractivity contribution in [3.63, 3.8) is 0 Å². The summed E-state index contributed by atoms with van der Waals surface area (Å²) in [5, 5.41) is 3.48. The molecule has 1 aromatic carbocycles. The fourth-order valence-corrected chi connectivity index (χ4v) is 2.91. The van der Waals surface area contributed by atoms with Crippen molar-refractivity contribution in [1.29, 1.82) is 0 Å². The lowest BCUT2D eigenvalue weighted by molar-refractivity contribution is -0.0666. The van der Waals surface area contributed by atoms with Gasteiger partial charge in [-0.25, -0.2) is 0 Å². The summed E-state index contributed by atoms with van der Waals surface area (Å²) in [6, 6.07) is 8.16. The second kappa shape index (κ2) is 7.73. The van der Waals surface area contributed by atoms with Crippen molar-refractivity contribution < 1.29 is 4.74 Å². The Morgan fingerprint density at radius 1 is 1.26 bits per heavy atom. The van der Waals surface area contributed by atoms with Crippen molar-refractivity contribution >= 4 is 29.9 Å². The molecule has 2 rings (SSSR count). The lowest BCUT2D eigenvalue weighted by Crippen LogP contribution is -2.72. The minimum atomic E-state index is 0. The molecule has 0 spiro atoms. The number of benzene rings is 1. The van der Waals surface area contributed by atoms with Gasteiger partial charge in [0, 0.05) is 31.1 Å². The van der Waals surface area contributed by atoms with E-state index < -0.39 is 0 Å². The summed E-state index contributed by atoms with van der Waals surface area (Å²) in [4.78, 5) is 6.80. The molecule has 4 nitrogen and oxygen atoms in total. The van der Waals surface area contributed by atoms with E-state index in [0.29, 0.717) is 5.41 Å². The number of methoxy groups -OCH3 is 1. The molecule has 0 aromatic heterocycles. The summed E-state index contributed by atoms with van der Waals surface area (Å²) < 4.78 is 5.40. The smallest absolute Gasteiger partial charge is 0.194 e. The highest BCUT2D eigenvalue weighted by Crippen LogP contribution is 2.46. The van der Waals surface area contributed by atoms with Gasteiger partial charge >= 0.3 is 0 Å². The van der Waals surface area contributed by atoms with E-state index in [0.717, 1.165) is 31.2 Å². The third kappa shape index (κ3) is 3.92. The molecule has 1 aliphatic rings. The largest absolute Gasteiger partial charge is 0.496 e. The quantitative estimate of drug-likeness (QED) is 0.450. The Bertz CT molecular complexity index is 555. The Labute approximate surface area is 157 Å². The molecule has 1 aliphatic heterocycles. The first kappa shape index (κ1) is 20.1. The summed E-state index contributed by atoms with van der Waals surface area (Å²) in [6.45, 7) is 11.1. The third-order valence-electron chi connectivity index (χ3n) is 5.22. The molecule has 1 fully saturated rings. The molecule has 0 aliphatic carbocycles. The first-order chi connectivity index (χ1) is 10.3. The van der Waals surface area contributed by atoms with Crippen molar-refractivity contribution in [3.05, 3.63) is 29.8 Å². The molecule has 23 heavy (non-hydrogen) atoms. The molecular weight excluding hydrogens is 401 g/mol. The van der Waals surface area contributed by atoms with Crippen LogP contribution in [0.5, 0.6) is 5.75 Å². The van der Waals surface area contributed by atoms with Crippen LogP contribution in [0.15, 0.2) is 29.3 Å². The van der Waals surface area contributed by atoms with Crippen molar-refractivity contribution in [2.24, 2.45) is 10.4 Å². The molecule has 1 aromatic rings. The number of guanidine groups is 1. The van der Waals surface area contributed by atoms with Crippen LogP contribution in [0.25, 0.3) is 0 Å². The third-order valence-corrected chi connectivity index (χ3v) is 5.22. The zero-order valence-electron chi connectivity index (χ0n) is 15.1. The number of likely N-dealkylation sites (tertiary alicyclic amines) is 1. The van der Waals surface area contributed by atoms with Crippen LogP contribution in [0.1, 0.15) is 33.3 Å². The molecule has 0 amide bonds. The molecule has 0 atom stereocenters. The van der Waals surface area contributed by atoms with Gasteiger partial charge in [-0.1, -0.05) is 32.0 Å². The average molecular weight is 431 g/mol. The van der Waals surface area contributed by atoms with Gasteiger partial charge in [-0.05, 0) is 31.9 Å². The number of rotatable bonds is 4. The molecule has 0 unspecified atom stereocenters. The Kier molecular flexibility index (Phi) is 6.74. The molecule has 1 saturated heterocycles. The van der Waals surface area contributed by atoms with E-state index in [2.05, 4.69) is 49.0 Å². The summed E-state index contributed by atoms with van der Waals surface area (Å²) in [6.07, 6.45) is 0.917. The minimum absolute atomic E-state index is 0. The van der Waals surface area contributed by atoms with Crippen LogP contribution in [0.4, 0.5) is 0 Å². The normalized spacial score (nSPS) is 18.7. The number of hydrogen-bond acceptors (Lipinski definition) is 2. The topological polar surface area (TPSA) is 36.9 Å². The second-order valence-electron chi connectivity index (χ2n) is 7.06. The zero-order valence-corrected chi connectivity index (χ0v) is 17.5. The first-order valence-electron chi connectivity index (χ1n) is 7.93. The van der Waals surface area contributed by atoms with Gasteiger partial charge in [-0.2, -0.15) is 0 Å². The maximum atomic E-state index is 5.40. The van der Waals surface area contributed by atoms with Gasteiger partial charge in [0.2, 0.25) is 0 Å². The maximum absolute atomic E-state index is 5.40. The Morgan fingerprint density at radius 2 is 1.91 bits per heavy atom. The number of nitrogens with zero attached hydrogens (tertiary/aromatic N) is 2. The molecule has 1 N–H and O–H groups in total. The van der Waals surface area contributed by atoms with Crippen LogP contribution in [-0.4, -0.2) is 43.6 Å². The van der Waals surface area contributed by atoms with E-state index in [9.17, 15) is 0 Å². The van der Waals surface area contributed by atoms with E-state index in [1.807, 2.05) is 25.2 Å². The lowest BCUT2D eigenvalue weighted by Gasteiger charge is -2.62. The molecule has 130 valence electrons. The maximum Gasteiger partial charge on any atom is 0.194 e. The molecule has 1 heterocycles. The van der Waals surface area contributed by atoms with Crippen molar-refractivity contribution in [3.8, 4) is 5.75 Å². The van der Waals surface area contributed by atoms with Gasteiger partial charge < -0.3 is 15.0 Å². The number of aliphatic imine (C=N–C) groups is 1. The second-order valence-corrected chi connectivity index (χ2v) is 7.06. The van der Waals surface area contributed by atoms with Gasteiger partial charge in [0.15, 0.2) is 5.96 Å². The van der Waals surface area contributed by atoms with Gasteiger partial charge in [-0.15, -0.1) is 24.0 Å². The first-order valence-corrected chi connectivity index (χ1v) is 7.93. The lowest BCUT2D eigenvalue weighted by atomic mass is 9.65. The number of hydrogen-bond donors (Lipinski definition) is 1. The number of para-hydroxylation sites is 1. The van der Waals surface area contributed by atoms with Crippen LogP contribution in [0, 0.1) is 5.41 Å². The van der Waals surface area contributed by atoms with E-state index in [1.54, 1.807) is 7.11 Å². The standard InChI is InChI=1S/C18H29N3O.HI/c1-17(2)13-21(18(17,3)4)16(19-5)20-12-11-14-9-7-8-10-15(14)22-6;/h7-10H,11-13H2,1-6H3,(H,19,20);1H. The molecule has 0 bridgehead atoms. The number of halogens is 1. The van der Waals surface area contributed by atoms with Crippen LogP contribution < -0.4 is 10.1 Å². The fraction of sp³-hybridized carbons (Fsp3) is 0.611. The highest BCUT2D eigenvalue weighted by atomic mass is 127. The molecular formula is C18H30IN3O. The van der Waals surface area contributed by atoms with Gasteiger partial charge in [-0.3, -0.25) is 4.99 Å². The monoisotopic (exact) mass is 431 g/mol. The van der Waals surface area contributed by atoms with E-state index in [4.69, 9.17) is 4.74 Å². The number of ether oxygens (including phenoxy) is 1. The van der Waals surface area contributed by atoms with Crippen molar-refractivity contribution in [2.45, 2.75) is 39.7 Å². The predicted molar refractivity (Wildman–Crippen MR) is 108 cm³/mol. The minimum Gasteiger partial charge on any atom is -0.496 e. The summed E-state index contributed by atoms with van der Waals surface area (Å²) in [5.74, 6) is 1.93. The summed E-state index contributed by atoms with van der Waals surface area (Å²) >= 11 is 0.